The van der Waals surface area contributed by atoms with Gasteiger partial charge in [0.25, 0.3) is 0 Å². The second-order valence-electron chi connectivity index (χ2n) is 54.6. The van der Waals surface area contributed by atoms with E-state index >= 15 is 0 Å². The van der Waals surface area contributed by atoms with E-state index in [0.717, 1.165) is 74.3 Å². The Hall–Kier alpha value is -7.62. The van der Waals surface area contributed by atoms with Gasteiger partial charge in [-0.25, -0.2) is 9.59 Å². The van der Waals surface area contributed by atoms with Crippen LogP contribution in [0, 0.1) is 114 Å². The van der Waals surface area contributed by atoms with Gasteiger partial charge >= 0.3 is 12.1 Å². The fraction of sp³-hybridized carbons (Fsp3) is 0.787. The van der Waals surface area contributed by atoms with Gasteiger partial charge in [0.05, 0.1) is 36.3 Å². The lowest BCUT2D eigenvalue weighted by Crippen LogP contribution is -2.49. The number of urea groups is 2. The highest BCUT2D eigenvalue weighted by Crippen LogP contribution is 2.35. The van der Waals surface area contributed by atoms with E-state index in [9.17, 15) is 67.1 Å². The average molecular weight is 2090 g/mol. The molecule has 0 radical (unpaired) electrons. The summed E-state index contributed by atoms with van der Waals surface area (Å²) < 4.78 is 0. The molecule has 0 heterocycles. The van der Waals surface area contributed by atoms with Crippen LogP contribution in [0.15, 0.2) is 60.7 Å². The molecule has 2 aromatic rings. The number of benzene rings is 2. The minimum Gasteiger partial charge on any atom is -0.352 e. The van der Waals surface area contributed by atoms with Gasteiger partial charge in [0.1, 0.15) is 34.7 Å². The number of amides is 6. The Labute approximate surface area is 903 Å². The normalized spacial score (nSPS) is 14.6. The summed E-state index contributed by atoms with van der Waals surface area (Å²) in [4.78, 5) is 173. The van der Waals surface area contributed by atoms with Gasteiger partial charge in [-0.3, -0.25) is 57.5 Å². The predicted molar refractivity (Wildman–Crippen MR) is 619 cm³/mol. The average Bonchev–Trinajstić information content (AvgIpc) is 0.846. The molecule has 0 saturated carbocycles. The van der Waals surface area contributed by atoms with Gasteiger partial charge in [0.2, 0.25) is 11.8 Å². The van der Waals surface area contributed by atoms with Crippen molar-refractivity contribution in [1.29, 1.82) is 0 Å². The molecule has 0 spiro atoms. The highest BCUT2D eigenvalue weighted by molar-refractivity contribution is 5.97. The number of carbonyl (C=O) groups excluding carboxylic acids is 14. The number of carbonyl (C=O) groups is 14. The maximum atomic E-state index is 13.3. The molecule has 0 fully saturated rings. The number of nitrogens with one attached hydrogen (secondary N) is 6. The molecule has 0 saturated heterocycles. The third-order valence-corrected chi connectivity index (χ3v) is 23.9. The molecule has 0 aliphatic heterocycles. The lowest BCUT2D eigenvalue weighted by atomic mass is 9.78. The van der Waals surface area contributed by atoms with E-state index in [0.29, 0.717) is 77.5 Å². The number of hydrogen-bond donors (Lipinski definition) is 12. The number of Topliss-reactive ketones (excluding diaryl/α,β-unsaturated/α-hetero) is 10. The first kappa shape index (κ1) is 151. The van der Waals surface area contributed by atoms with Crippen LogP contribution in [0.4, 0.5) is 9.59 Å². The zero-order valence-corrected chi connectivity index (χ0v) is 103. The molecule has 6 amide bonds. The maximum absolute atomic E-state index is 13.3. The van der Waals surface area contributed by atoms with Crippen molar-refractivity contribution in [2.75, 3.05) is 26.2 Å². The van der Waals surface area contributed by atoms with Gasteiger partial charge in [-0.05, 0) is 189 Å². The lowest BCUT2D eigenvalue weighted by molar-refractivity contribution is -0.135. The van der Waals surface area contributed by atoms with Crippen LogP contribution < -0.4 is 66.3 Å². The zero-order valence-electron chi connectivity index (χ0n) is 103. The first-order valence-electron chi connectivity index (χ1n) is 55.4. The van der Waals surface area contributed by atoms with Gasteiger partial charge in [-0.2, -0.15) is 0 Å². The van der Waals surface area contributed by atoms with Crippen LogP contribution in [0.5, 0.6) is 0 Å². The molecule has 12 unspecified atom stereocenters. The maximum Gasteiger partial charge on any atom is 0.312 e. The Morgan fingerprint density at radius 1 is 0.291 bits per heavy atom. The highest BCUT2D eigenvalue weighted by atomic mass is 16.2. The minimum atomic E-state index is -0.585. The van der Waals surface area contributed by atoms with Crippen molar-refractivity contribution in [3.63, 3.8) is 0 Å². The summed E-state index contributed by atoms with van der Waals surface area (Å²) in [5, 5.41) is 18.0. The number of hydrogen-bond acceptors (Lipinski definition) is 20. The van der Waals surface area contributed by atoms with Gasteiger partial charge in [0, 0.05) is 118 Å². The van der Waals surface area contributed by atoms with Crippen LogP contribution in [0.1, 0.15) is 432 Å². The van der Waals surface area contributed by atoms with Crippen molar-refractivity contribution in [2.24, 2.45) is 149 Å². The van der Waals surface area contributed by atoms with Crippen molar-refractivity contribution >= 4 is 81.7 Å². The van der Waals surface area contributed by atoms with Crippen molar-refractivity contribution < 1.29 is 67.1 Å². The second kappa shape index (κ2) is 72.1. The number of ketones is 10. The lowest BCUT2D eigenvalue weighted by Gasteiger charge is -2.31. The molecule has 148 heavy (non-hydrogen) atoms. The van der Waals surface area contributed by atoms with E-state index < -0.39 is 57.9 Å². The fourth-order valence-electron chi connectivity index (χ4n) is 16.0. The number of unbranched alkanes of at least 4 members (excludes halogenated alkanes) is 2. The van der Waals surface area contributed by atoms with Gasteiger partial charge in [0.15, 0.2) is 23.1 Å². The fourth-order valence-corrected chi connectivity index (χ4v) is 16.0. The van der Waals surface area contributed by atoms with Crippen molar-refractivity contribution in [1.82, 2.24) is 31.9 Å². The monoisotopic (exact) mass is 2090 g/mol. The summed E-state index contributed by atoms with van der Waals surface area (Å²) >= 11 is 0. The van der Waals surface area contributed by atoms with Crippen LogP contribution in [0.2, 0.25) is 0 Å². The van der Waals surface area contributed by atoms with E-state index in [1.165, 1.54) is 0 Å². The Bertz CT molecular complexity index is 3870. The molecule has 26 nitrogen and oxygen atoms in total. The summed E-state index contributed by atoms with van der Waals surface area (Å²) in [6.07, 6.45) is 11.0. The molecule has 0 aliphatic carbocycles. The third kappa shape index (κ3) is 76.8. The highest BCUT2D eigenvalue weighted by Gasteiger charge is 2.41. The van der Waals surface area contributed by atoms with Crippen LogP contribution in [-0.4, -0.2) is 155 Å². The Kier molecular flexibility index (Phi) is 73.6. The smallest absolute Gasteiger partial charge is 0.312 e. The Balaban J connectivity index is -0.000000407. The molecular weight excluding hydrogens is 1860 g/mol. The van der Waals surface area contributed by atoms with E-state index in [2.05, 4.69) is 157 Å². The molecule has 18 N–H and O–H groups in total. The number of rotatable bonds is 50. The molecule has 12 atom stereocenters. The SMILES string of the molecule is CC(C)(C)NC(Cc1ccccc1)C(=O)CC(CCCCN)C(=O)C(C)(C)C.CC(C)(C)NC(Cc1ccccc1)C(=O)CC(CCCCN)C(=O)C(C)(C)C.CC(C)C.CC(C)C.CC(C)C(CC(C)(C)C)C(=O)NC(CCCNC(N)=O)C(=O)C(C)(C)C.CC(C)C(CC(C)(C)C)C(=O)NC(CCCNC(N)=O)C(=O)C(C)(C)C.CC(CC(=O)C(N)C(C)C)C(=O)C(C)(C)C.CC(CC(=O)C(N)C(C)C)C(=O)C(C)(C)C. The molecule has 0 aliphatic rings. The Morgan fingerprint density at radius 3 is 0.730 bits per heavy atom. The molecule has 2 aromatic carbocycles. The van der Waals surface area contributed by atoms with Crippen molar-refractivity contribution in [3.8, 4) is 0 Å². The first-order chi connectivity index (χ1) is 66.8. The molecule has 26 heteroatoms. The number of nitrogens with two attached hydrogens (primary N) is 6. The van der Waals surface area contributed by atoms with Crippen LogP contribution >= 0.6 is 0 Å². The van der Waals surface area contributed by atoms with Crippen LogP contribution in [-0.2, 0) is 70.4 Å². The van der Waals surface area contributed by atoms with E-state index in [4.69, 9.17) is 34.4 Å². The molecular formula is C122H228N12O14. The summed E-state index contributed by atoms with van der Waals surface area (Å²) in [5.74, 6) is 1.74. The standard InChI is InChI=1S/2C24H40N2O2.2C20H39N3O3.2C13H25NO2.2C4H10/c2*1-23(2,3)22(28)19(14-10-11-15-25)17-21(27)20(26-24(4,5)6)16-18-12-8-7-9-13-18;2*1-13(2)14(12-19(3,4)5)17(25)23-15(16(24)20(6,7)8)10-9-11-22-18(21)26;2*1-8(2)11(14)10(15)7-9(3)12(16)13(4,5)6;2*1-4(2)3/h2*7-9,12-13,19-20,26H,10-11,14-17,25H2,1-6H3;2*13-15H,9-12H2,1-8H3,(H,23,25)(H3,21,22,26);2*8-9,11H,7,14H2,1-6H3;2*4H,1-3H3. The molecule has 0 aromatic heterocycles. The van der Waals surface area contributed by atoms with Gasteiger partial charge in [-0.15, -0.1) is 0 Å². The van der Waals surface area contributed by atoms with Gasteiger partial charge < -0.3 is 66.3 Å². The first-order valence-corrected chi connectivity index (χ1v) is 55.4. The van der Waals surface area contributed by atoms with Crippen molar-refractivity contribution in [2.45, 2.75) is 481 Å². The summed E-state index contributed by atoms with van der Waals surface area (Å²) in [7, 11) is 0. The number of primary amides is 2. The van der Waals surface area contributed by atoms with Crippen molar-refractivity contribution in [3.05, 3.63) is 71.8 Å². The van der Waals surface area contributed by atoms with Crippen LogP contribution in [0.25, 0.3) is 0 Å². The summed E-state index contributed by atoms with van der Waals surface area (Å²) in [6, 6.07) is 16.3. The van der Waals surface area contributed by atoms with E-state index in [-0.39, 0.29) is 186 Å². The predicted octanol–water partition coefficient (Wildman–Crippen LogP) is 22.8. The quantitative estimate of drug-likeness (QED) is 0.0274. The molecule has 0 bridgehead atoms. The minimum absolute atomic E-state index is 0.00295. The van der Waals surface area contributed by atoms with E-state index in [1.54, 1.807) is 13.8 Å². The topological polar surface area (TPSA) is 467 Å². The largest absolute Gasteiger partial charge is 0.352 e. The Morgan fingerprint density at radius 2 is 0.534 bits per heavy atom. The summed E-state index contributed by atoms with van der Waals surface area (Å²) in [6.45, 7) is 93.5. The molecule has 2 rings (SSSR count). The zero-order chi connectivity index (χ0) is 117. The second-order valence-corrected chi connectivity index (χ2v) is 54.6. The molecule has 860 valence electrons. The third-order valence-electron chi connectivity index (χ3n) is 23.9. The summed E-state index contributed by atoms with van der Waals surface area (Å²) in [5.41, 5.74) is 32.1. The van der Waals surface area contributed by atoms with Crippen LogP contribution in [0.3, 0.4) is 0 Å². The van der Waals surface area contributed by atoms with Gasteiger partial charge in [-0.1, -0.05) is 350 Å². The van der Waals surface area contributed by atoms with E-state index in [1.807, 2.05) is 241 Å².